The minimum atomic E-state index is 0.578. The van der Waals surface area contributed by atoms with Crippen LogP contribution in [0.25, 0.3) is 0 Å². The maximum absolute atomic E-state index is 5.87. The number of nitrogens with one attached hydrogen (secondary N) is 2. The van der Waals surface area contributed by atoms with Crippen LogP contribution in [0.1, 0.15) is 0 Å². The van der Waals surface area contributed by atoms with Crippen molar-refractivity contribution >= 4 is 17.3 Å². The van der Waals surface area contributed by atoms with Crippen LogP contribution >= 0.6 is 11.6 Å². The number of rotatable bonds is 3. The number of halogens is 1. The van der Waals surface area contributed by atoms with Crippen LogP contribution in [-0.4, -0.2) is 13.1 Å². The molecule has 0 aromatic heterocycles. The van der Waals surface area contributed by atoms with Crippen LogP contribution in [0.4, 0.5) is 5.69 Å². The minimum absolute atomic E-state index is 0.578. The third kappa shape index (κ3) is 2.42. The molecule has 1 heterocycles. The first-order valence-electron chi connectivity index (χ1n) is 4.74. The van der Waals surface area contributed by atoms with E-state index in [9.17, 15) is 0 Å². The molecule has 74 valence electrons. The Hall–Kier alpha value is -1.15. The summed E-state index contributed by atoms with van der Waals surface area (Å²) in [5.74, 6) is 0.578. The summed E-state index contributed by atoms with van der Waals surface area (Å²) in [6, 6.07) is 7.79. The van der Waals surface area contributed by atoms with Crippen molar-refractivity contribution in [3.8, 4) is 0 Å². The molecule has 3 heteroatoms. The molecule has 0 amide bonds. The zero-order valence-corrected chi connectivity index (χ0v) is 8.59. The SMILES string of the molecule is Clc1cccc(NC[C@H]2C=CNC2)c1. The lowest BCUT2D eigenvalue weighted by atomic mass is 10.1. The van der Waals surface area contributed by atoms with Gasteiger partial charge in [0.15, 0.2) is 0 Å². The predicted octanol–water partition coefficient (Wildman–Crippen LogP) is 2.49. The van der Waals surface area contributed by atoms with E-state index in [1.807, 2.05) is 30.5 Å². The van der Waals surface area contributed by atoms with Crippen LogP contribution in [-0.2, 0) is 0 Å². The molecule has 1 aromatic rings. The molecule has 2 nitrogen and oxygen atoms in total. The molecule has 1 aromatic carbocycles. The first-order chi connectivity index (χ1) is 6.84. The summed E-state index contributed by atoms with van der Waals surface area (Å²) in [6.07, 6.45) is 4.18. The first kappa shape index (κ1) is 9.41. The number of benzene rings is 1. The normalized spacial score (nSPS) is 19.4. The van der Waals surface area contributed by atoms with Gasteiger partial charge in [-0.2, -0.15) is 0 Å². The van der Waals surface area contributed by atoms with Gasteiger partial charge in [0.2, 0.25) is 0 Å². The topological polar surface area (TPSA) is 24.1 Å². The zero-order valence-electron chi connectivity index (χ0n) is 7.83. The molecule has 2 N–H and O–H groups in total. The van der Waals surface area contributed by atoms with Gasteiger partial charge in [0.1, 0.15) is 0 Å². The van der Waals surface area contributed by atoms with Gasteiger partial charge < -0.3 is 10.6 Å². The molecular formula is C11H13ClN2. The first-order valence-corrected chi connectivity index (χ1v) is 5.12. The van der Waals surface area contributed by atoms with Crippen molar-refractivity contribution in [1.82, 2.24) is 5.32 Å². The van der Waals surface area contributed by atoms with Crippen LogP contribution in [0.3, 0.4) is 0 Å². The fraction of sp³-hybridized carbons (Fsp3) is 0.273. The van der Waals surface area contributed by atoms with Crippen molar-refractivity contribution in [3.63, 3.8) is 0 Å². The Bertz CT molecular complexity index is 336. The molecule has 0 fully saturated rings. The quantitative estimate of drug-likeness (QED) is 0.798. The van der Waals surface area contributed by atoms with Crippen LogP contribution in [0.15, 0.2) is 36.5 Å². The van der Waals surface area contributed by atoms with Gasteiger partial charge in [0.25, 0.3) is 0 Å². The molecular weight excluding hydrogens is 196 g/mol. The van der Waals surface area contributed by atoms with Crippen molar-refractivity contribution < 1.29 is 0 Å². The molecule has 0 aliphatic carbocycles. The predicted molar refractivity (Wildman–Crippen MR) is 60.6 cm³/mol. The summed E-state index contributed by atoms with van der Waals surface area (Å²) in [5, 5.41) is 7.30. The molecule has 1 aliphatic heterocycles. The van der Waals surface area contributed by atoms with Crippen molar-refractivity contribution in [1.29, 1.82) is 0 Å². The Morgan fingerprint density at radius 3 is 3.14 bits per heavy atom. The molecule has 0 spiro atoms. The maximum Gasteiger partial charge on any atom is 0.0426 e. The third-order valence-corrected chi connectivity index (χ3v) is 2.49. The van der Waals surface area contributed by atoms with Crippen LogP contribution in [0.2, 0.25) is 5.02 Å². The fourth-order valence-corrected chi connectivity index (χ4v) is 1.67. The largest absolute Gasteiger partial charge is 0.390 e. The lowest BCUT2D eigenvalue weighted by Crippen LogP contribution is -2.17. The highest BCUT2D eigenvalue weighted by Crippen LogP contribution is 2.15. The van der Waals surface area contributed by atoms with Gasteiger partial charge in [0, 0.05) is 29.7 Å². The average molecular weight is 209 g/mol. The van der Waals surface area contributed by atoms with E-state index in [1.54, 1.807) is 0 Å². The molecule has 0 saturated heterocycles. The van der Waals surface area contributed by atoms with Crippen LogP contribution < -0.4 is 10.6 Å². The van der Waals surface area contributed by atoms with E-state index < -0.39 is 0 Å². The minimum Gasteiger partial charge on any atom is -0.390 e. The molecule has 0 bridgehead atoms. The summed E-state index contributed by atoms with van der Waals surface area (Å²) >= 11 is 5.87. The van der Waals surface area contributed by atoms with Gasteiger partial charge in [-0.25, -0.2) is 0 Å². The Balaban J connectivity index is 1.88. The molecule has 0 unspecified atom stereocenters. The van der Waals surface area contributed by atoms with E-state index in [0.29, 0.717) is 5.92 Å². The Morgan fingerprint density at radius 2 is 2.43 bits per heavy atom. The highest BCUT2D eigenvalue weighted by Gasteiger charge is 2.07. The smallest absolute Gasteiger partial charge is 0.0426 e. The van der Waals surface area contributed by atoms with E-state index in [1.165, 1.54) is 0 Å². The highest BCUT2D eigenvalue weighted by molar-refractivity contribution is 6.30. The van der Waals surface area contributed by atoms with E-state index in [2.05, 4.69) is 16.7 Å². The van der Waals surface area contributed by atoms with Crippen molar-refractivity contribution in [2.24, 2.45) is 5.92 Å². The van der Waals surface area contributed by atoms with Crippen LogP contribution in [0.5, 0.6) is 0 Å². The maximum atomic E-state index is 5.87. The molecule has 14 heavy (non-hydrogen) atoms. The standard InChI is InChI=1S/C11H13ClN2/c12-10-2-1-3-11(6-10)14-8-9-4-5-13-7-9/h1-6,9,13-14H,7-8H2/t9-/m0/s1. The second-order valence-electron chi connectivity index (χ2n) is 3.42. The zero-order chi connectivity index (χ0) is 9.80. The third-order valence-electron chi connectivity index (χ3n) is 2.26. The Morgan fingerprint density at radius 1 is 1.50 bits per heavy atom. The summed E-state index contributed by atoms with van der Waals surface area (Å²) in [4.78, 5) is 0. The molecule has 1 atom stereocenters. The van der Waals surface area contributed by atoms with E-state index in [4.69, 9.17) is 11.6 Å². The summed E-state index contributed by atoms with van der Waals surface area (Å²) < 4.78 is 0. The molecule has 0 radical (unpaired) electrons. The summed E-state index contributed by atoms with van der Waals surface area (Å²) in [7, 11) is 0. The van der Waals surface area contributed by atoms with Gasteiger partial charge in [-0.05, 0) is 24.4 Å². The molecule has 0 saturated carbocycles. The average Bonchev–Trinajstić information content (AvgIpc) is 2.67. The van der Waals surface area contributed by atoms with Gasteiger partial charge in [0.05, 0.1) is 0 Å². The lowest BCUT2D eigenvalue weighted by molar-refractivity contribution is 0.687. The van der Waals surface area contributed by atoms with Gasteiger partial charge in [-0.1, -0.05) is 23.7 Å². The molecule has 2 rings (SSSR count). The van der Waals surface area contributed by atoms with E-state index >= 15 is 0 Å². The lowest BCUT2D eigenvalue weighted by Gasteiger charge is -2.10. The summed E-state index contributed by atoms with van der Waals surface area (Å²) in [5.41, 5.74) is 1.08. The van der Waals surface area contributed by atoms with Gasteiger partial charge in [-0.15, -0.1) is 0 Å². The second kappa shape index (κ2) is 4.38. The van der Waals surface area contributed by atoms with Crippen molar-refractivity contribution in [2.45, 2.75) is 0 Å². The number of hydrogen-bond donors (Lipinski definition) is 2. The summed E-state index contributed by atoms with van der Waals surface area (Å²) in [6.45, 7) is 1.97. The van der Waals surface area contributed by atoms with Crippen molar-refractivity contribution in [2.75, 3.05) is 18.4 Å². The highest BCUT2D eigenvalue weighted by atomic mass is 35.5. The molecule has 1 aliphatic rings. The number of anilines is 1. The van der Waals surface area contributed by atoms with Gasteiger partial charge >= 0.3 is 0 Å². The van der Waals surface area contributed by atoms with Gasteiger partial charge in [-0.3, -0.25) is 0 Å². The second-order valence-corrected chi connectivity index (χ2v) is 3.86. The fourth-order valence-electron chi connectivity index (χ4n) is 1.48. The van der Waals surface area contributed by atoms with E-state index in [0.717, 1.165) is 23.8 Å². The Kier molecular flexibility index (Phi) is 2.94. The Labute approximate surface area is 89.0 Å². The number of hydrogen-bond acceptors (Lipinski definition) is 2. The van der Waals surface area contributed by atoms with E-state index in [-0.39, 0.29) is 0 Å². The van der Waals surface area contributed by atoms with Crippen LogP contribution in [0, 0.1) is 5.92 Å². The van der Waals surface area contributed by atoms with Crippen molar-refractivity contribution in [3.05, 3.63) is 41.6 Å². The monoisotopic (exact) mass is 208 g/mol.